The van der Waals surface area contributed by atoms with Gasteiger partial charge in [0.05, 0.1) is 6.04 Å². The zero-order chi connectivity index (χ0) is 12.3. The monoisotopic (exact) mass is 294 g/mol. The summed E-state index contributed by atoms with van der Waals surface area (Å²) in [6.07, 6.45) is 0.802. The van der Waals surface area contributed by atoms with Crippen molar-refractivity contribution >= 4 is 15.9 Å². The molecule has 3 N–H and O–H groups in total. The topological polar surface area (TPSA) is 51.2 Å². The zero-order valence-electron chi connectivity index (χ0n) is 9.61. The summed E-state index contributed by atoms with van der Waals surface area (Å²) in [5, 5.41) is 0. The van der Waals surface area contributed by atoms with Crippen LogP contribution in [0.5, 0.6) is 0 Å². The van der Waals surface area contributed by atoms with E-state index in [1.165, 1.54) is 11.1 Å². The average Bonchev–Trinajstić information content (AvgIpc) is 2.75. The van der Waals surface area contributed by atoms with Gasteiger partial charge < -0.3 is 4.42 Å². The fourth-order valence-corrected chi connectivity index (χ4v) is 2.04. The molecule has 0 aliphatic rings. The largest absolute Gasteiger partial charge is 0.453 e. The number of aryl methyl sites for hydroxylation is 1. The number of nitrogens with one attached hydrogen (secondary N) is 1. The Bertz CT molecular complexity index is 478. The number of hydrogen-bond donors (Lipinski definition) is 2. The molecule has 1 heterocycles. The maximum atomic E-state index is 5.57. The van der Waals surface area contributed by atoms with E-state index in [-0.39, 0.29) is 6.04 Å². The third-order valence-corrected chi connectivity index (χ3v) is 3.13. The Hall–Kier alpha value is -1.10. The van der Waals surface area contributed by atoms with Crippen LogP contribution in [0.1, 0.15) is 22.9 Å². The summed E-state index contributed by atoms with van der Waals surface area (Å²) in [6.45, 7) is 2.08. The summed E-state index contributed by atoms with van der Waals surface area (Å²) in [5.74, 6) is 6.40. The van der Waals surface area contributed by atoms with Crippen molar-refractivity contribution in [1.82, 2.24) is 5.43 Å². The molecule has 0 amide bonds. The van der Waals surface area contributed by atoms with Gasteiger partial charge in [-0.3, -0.25) is 5.84 Å². The number of hydrazine groups is 1. The van der Waals surface area contributed by atoms with Crippen LogP contribution in [-0.4, -0.2) is 0 Å². The minimum absolute atomic E-state index is 0.0102. The van der Waals surface area contributed by atoms with Crippen LogP contribution in [0.3, 0.4) is 0 Å². The molecule has 0 saturated heterocycles. The molecule has 0 bridgehead atoms. The van der Waals surface area contributed by atoms with Crippen molar-refractivity contribution in [2.24, 2.45) is 5.84 Å². The van der Waals surface area contributed by atoms with E-state index < -0.39 is 0 Å². The molecule has 2 rings (SSSR count). The van der Waals surface area contributed by atoms with E-state index in [0.29, 0.717) is 0 Å². The Morgan fingerprint density at radius 2 is 1.94 bits per heavy atom. The van der Waals surface area contributed by atoms with Crippen molar-refractivity contribution < 1.29 is 4.42 Å². The SMILES string of the molecule is Cc1ccc(CC(NN)c2ccc(Br)o2)cc1. The quantitative estimate of drug-likeness (QED) is 0.673. The molecule has 2 aromatic rings. The van der Waals surface area contributed by atoms with Gasteiger partial charge in [0.15, 0.2) is 4.67 Å². The van der Waals surface area contributed by atoms with E-state index in [2.05, 4.69) is 52.5 Å². The summed E-state index contributed by atoms with van der Waals surface area (Å²) in [5.41, 5.74) is 5.26. The summed E-state index contributed by atoms with van der Waals surface area (Å²) >= 11 is 3.29. The fraction of sp³-hybridized carbons (Fsp3) is 0.231. The molecule has 0 aliphatic carbocycles. The number of halogens is 1. The first kappa shape index (κ1) is 12.4. The van der Waals surface area contributed by atoms with Gasteiger partial charge >= 0.3 is 0 Å². The van der Waals surface area contributed by atoms with Crippen molar-refractivity contribution in [3.63, 3.8) is 0 Å². The standard InChI is InChI=1S/C13H15BrN2O/c1-9-2-4-10(5-3-9)8-11(16-15)12-6-7-13(14)17-12/h2-7,11,16H,8,15H2,1H3. The Balaban J connectivity index is 2.12. The Morgan fingerprint density at radius 1 is 1.24 bits per heavy atom. The van der Waals surface area contributed by atoms with Crippen LogP contribution in [-0.2, 0) is 6.42 Å². The molecule has 4 heteroatoms. The molecule has 0 radical (unpaired) electrons. The van der Waals surface area contributed by atoms with Crippen molar-refractivity contribution in [2.75, 3.05) is 0 Å². The first-order valence-electron chi connectivity index (χ1n) is 5.46. The third kappa shape index (κ3) is 3.19. The Morgan fingerprint density at radius 3 is 2.47 bits per heavy atom. The molecule has 1 aromatic heterocycles. The van der Waals surface area contributed by atoms with Gasteiger partial charge in [-0.2, -0.15) is 0 Å². The lowest BCUT2D eigenvalue weighted by Gasteiger charge is -2.13. The molecule has 0 saturated carbocycles. The summed E-state index contributed by atoms with van der Waals surface area (Å²) in [6, 6.07) is 12.2. The highest BCUT2D eigenvalue weighted by atomic mass is 79.9. The lowest BCUT2D eigenvalue weighted by molar-refractivity contribution is 0.404. The van der Waals surface area contributed by atoms with E-state index in [1.807, 2.05) is 12.1 Å². The molecular weight excluding hydrogens is 280 g/mol. The molecule has 1 atom stereocenters. The van der Waals surface area contributed by atoms with Gasteiger partial charge in [-0.1, -0.05) is 29.8 Å². The van der Waals surface area contributed by atoms with Crippen LogP contribution in [0.15, 0.2) is 45.5 Å². The number of nitrogens with two attached hydrogens (primary N) is 1. The molecule has 3 nitrogen and oxygen atoms in total. The summed E-state index contributed by atoms with van der Waals surface area (Å²) in [7, 11) is 0. The molecule has 1 aromatic carbocycles. The van der Waals surface area contributed by atoms with Gasteiger partial charge in [0.1, 0.15) is 5.76 Å². The number of furan rings is 1. The number of benzene rings is 1. The van der Waals surface area contributed by atoms with Crippen molar-refractivity contribution in [3.05, 3.63) is 58.0 Å². The predicted molar refractivity (Wildman–Crippen MR) is 71.4 cm³/mol. The second-order valence-corrected chi connectivity index (χ2v) is 4.83. The maximum Gasteiger partial charge on any atom is 0.169 e. The normalized spacial score (nSPS) is 12.6. The lowest BCUT2D eigenvalue weighted by Crippen LogP contribution is -2.29. The number of rotatable bonds is 4. The van der Waals surface area contributed by atoms with Crippen LogP contribution < -0.4 is 11.3 Å². The highest BCUT2D eigenvalue weighted by Gasteiger charge is 2.14. The van der Waals surface area contributed by atoms with Gasteiger partial charge in [0, 0.05) is 0 Å². The third-order valence-electron chi connectivity index (χ3n) is 2.70. The number of hydrogen-bond acceptors (Lipinski definition) is 3. The highest BCUT2D eigenvalue weighted by Crippen LogP contribution is 2.23. The molecule has 1 unspecified atom stereocenters. The van der Waals surface area contributed by atoms with E-state index >= 15 is 0 Å². The smallest absolute Gasteiger partial charge is 0.169 e. The maximum absolute atomic E-state index is 5.57. The summed E-state index contributed by atoms with van der Waals surface area (Å²) in [4.78, 5) is 0. The summed E-state index contributed by atoms with van der Waals surface area (Å²) < 4.78 is 6.23. The van der Waals surface area contributed by atoms with Gasteiger partial charge in [0.25, 0.3) is 0 Å². The Labute approximate surface area is 109 Å². The molecule has 90 valence electrons. The Kier molecular flexibility index (Phi) is 3.99. The van der Waals surface area contributed by atoms with E-state index in [9.17, 15) is 0 Å². The minimum atomic E-state index is -0.0102. The van der Waals surface area contributed by atoms with E-state index in [1.54, 1.807) is 0 Å². The van der Waals surface area contributed by atoms with Crippen molar-refractivity contribution in [2.45, 2.75) is 19.4 Å². The second-order valence-electron chi connectivity index (χ2n) is 4.05. The van der Waals surface area contributed by atoms with Gasteiger partial charge in [-0.05, 0) is 47.0 Å². The second kappa shape index (κ2) is 5.49. The van der Waals surface area contributed by atoms with Gasteiger partial charge in [0.2, 0.25) is 0 Å². The lowest BCUT2D eigenvalue weighted by atomic mass is 10.0. The van der Waals surface area contributed by atoms with Crippen molar-refractivity contribution in [3.8, 4) is 0 Å². The van der Waals surface area contributed by atoms with Gasteiger partial charge in [-0.25, -0.2) is 5.43 Å². The zero-order valence-corrected chi connectivity index (χ0v) is 11.2. The van der Waals surface area contributed by atoms with Crippen LogP contribution in [0.25, 0.3) is 0 Å². The predicted octanol–water partition coefficient (Wildman–Crippen LogP) is 3.10. The van der Waals surface area contributed by atoms with E-state index in [4.69, 9.17) is 10.3 Å². The van der Waals surface area contributed by atoms with Crippen molar-refractivity contribution in [1.29, 1.82) is 0 Å². The first-order valence-corrected chi connectivity index (χ1v) is 6.25. The molecular formula is C13H15BrN2O. The fourth-order valence-electron chi connectivity index (χ4n) is 1.72. The first-order chi connectivity index (χ1) is 8.19. The molecule has 0 aliphatic heterocycles. The minimum Gasteiger partial charge on any atom is -0.453 e. The van der Waals surface area contributed by atoms with Crippen LogP contribution in [0, 0.1) is 6.92 Å². The van der Waals surface area contributed by atoms with Crippen LogP contribution >= 0.6 is 15.9 Å². The van der Waals surface area contributed by atoms with Crippen LogP contribution in [0.2, 0.25) is 0 Å². The highest BCUT2D eigenvalue weighted by molar-refractivity contribution is 9.10. The molecule has 0 fully saturated rings. The average molecular weight is 295 g/mol. The molecule has 0 spiro atoms. The van der Waals surface area contributed by atoms with E-state index in [0.717, 1.165) is 16.9 Å². The van der Waals surface area contributed by atoms with Crippen LogP contribution in [0.4, 0.5) is 0 Å². The van der Waals surface area contributed by atoms with Gasteiger partial charge in [-0.15, -0.1) is 0 Å². The molecule has 17 heavy (non-hydrogen) atoms.